The minimum atomic E-state index is -0.344. The molecular weight excluding hydrogens is 284 g/mol. The zero-order chi connectivity index (χ0) is 13.8. The highest BCUT2D eigenvalue weighted by Crippen LogP contribution is 2.29. The van der Waals surface area contributed by atoms with E-state index in [4.69, 9.17) is 23.2 Å². The second-order valence-electron chi connectivity index (χ2n) is 4.21. The molecule has 0 saturated heterocycles. The van der Waals surface area contributed by atoms with Crippen molar-refractivity contribution in [3.05, 3.63) is 57.8 Å². The molecule has 0 aliphatic heterocycles. The predicted octanol–water partition coefficient (Wildman–Crippen LogP) is 4.91. The summed E-state index contributed by atoms with van der Waals surface area (Å²) in [6, 6.07) is 10.2. The molecule has 0 atom stereocenters. The predicted molar refractivity (Wildman–Crippen MR) is 79.2 cm³/mol. The number of halogens is 3. The third kappa shape index (κ3) is 3.47. The van der Waals surface area contributed by atoms with Crippen LogP contribution in [0.25, 0.3) is 11.1 Å². The van der Waals surface area contributed by atoms with E-state index in [0.717, 1.165) is 17.7 Å². The monoisotopic (exact) mass is 297 g/mol. The molecule has 0 aliphatic carbocycles. The van der Waals surface area contributed by atoms with E-state index in [-0.39, 0.29) is 5.82 Å². The fraction of sp³-hybridized carbons (Fsp3) is 0.200. The Bertz CT molecular complexity index is 584. The molecule has 1 nitrogen and oxygen atoms in total. The van der Waals surface area contributed by atoms with Gasteiger partial charge in [0.1, 0.15) is 5.82 Å². The van der Waals surface area contributed by atoms with Crippen LogP contribution in [0.5, 0.6) is 0 Å². The molecule has 2 aromatic rings. The zero-order valence-corrected chi connectivity index (χ0v) is 12.0. The van der Waals surface area contributed by atoms with Gasteiger partial charge in [0, 0.05) is 22.2 Å². The molecule has 0 saturated carbocycles. The molecule has 1 N–H and O–H groups in total. The summed E-state index contributed by atoms with van der Waals surface area (Å²) in [6.45, 7) is 3.62. The summed E-state index contributed by atoms with van der Waals surface area (Å²) < 4.78 is 13.8. The van der Waals surface area contributed by atoms with Gasteiger partial charge in [-0.25, -0.2) is 4.39 Å². The molecule has 0 aromatic heterocycles. The fourth-order valence-electron chi connectivity index (χ4n) is 1.84. The quantitative estimate of drug-likeness (QED) is 0.845. The normalized spacial score (nSPS) is 10.7. The zero-order valence-electron chi connectivity index (χ0n) is 10.5. The van der Waals surface area contributed by atoms with E-state index in [1.54, 1.807) is 18.2 Å². The van der Waals surface area contributed by atoms with E-state index < -0.39 is 0 Å². The van der Waals surface area contributed by atoms with Crippen LogP contribution in [-0.2, 0) is 6.54 Å². The van der Waals surface area contributed by atoms with Gasteiger partial charge in [-0.05, 0) is 41.9 Å². The number of benzene rings is 2. The second kappa shape index (κ2) is 6.38. The maximum absolute atomic E-state index is 13.8. The van der Waals surface area contributed by atoms with E-state index >= 15 is 0 Å². The van der Waals surface area contributed by atoms with Crippen LogP contribution in [-0.4, -0.2) is 6.54 Å². The number of nitrogens with one attached hydrogen (secondary N) is 1. The van der Waals surface area contributed by atoms with Crippen molar-refractivity contribution in [2.45, 2.75) is 13.5 Å². The molecule has 0 bridgehead atoms. The van der Waals surface area contributed by atoms with Crippen LogP contribution < -0.4 is 5.32 Å². The standard InChI is InChI=1S/C15H14Cl2FN/c1-2-19-9-11-4-3-10(7-14(11)17)13-6-5-12(16)8-15(13)18/h3-8,19H,2,9H2,1H3. The highest BCUT2D eigenvalue weighted by Gasteiger charge is 2.08. The van der Waals surface area contributed by atoms with Gasteiger partial charge in [0.2, 0.25) is 0 Å². The van der Waals surface area contributed by atoms with E-state index in [1.165, 1.54) is 6.07 Å². The Morgan fingerprint density at radius 1 is 1.11 bits per heavy atom. The molecule has 19 heavy (non-hydrogen) atoms. The lowest BCUT2D eigenvalue weighted by atomic mass is 10.0. The van der Waals surface area contributed by atoms with Crippen LogP contribution in [0.2, 0.25) is 10.0 Å². The van der Waals surface area contributed by atoms with Crippen molar-refractivity contribution in [2.75, 3.05) is 6.54 Å². The second-order valence-corrected chi connectivity index (χ2v) is 5.05. The first-order valence-corrected chi connectivity index (χ1v) is 6.82. The van der Waals surface area contributed by atoms with Crippen molar-refractivity contribution in [2.24, 2.45) is 0 Å². The van der Waals surface area contributed by atoms with Crippen molar-refractivity contribution >= 4 is 23.2 Å². The van der Waals surface area contributed by atoms with Crippen LogP contribution in [0.15, 0.2) is 36.4 Å². The van der Waals surface area contributed by atoms with Gasteiger partial charge >= 0.3 is 0 Å². The Kier molecular flexibility index (Phi) is 4.81. The molecule has 2 aromatic carbocycles. The summed E-state index contributed by atoms with van der Waals surface area (Å²) >= 11 is 12.0. The SMILES string of the molecule is CCNCc1ccc(-c2ccc(Cl)cc2F)cc1Cl. The van der Waals surface area contributed by atoms with Crippen molar-refractivity contribution in [3.63, 3.8) is 0 Å². The largest absolute Gasteiger partial charge is 0.313 e. The maximum atomic E-state index is 13.8. The highest BCUT2D eigenvalue weighted by molar-refractivity contribution is 6.31. The molecular formula is C15H14Cl2FN. The first-order chi connectivity index (χ1) is 9.11. The van der Waals surface area contributed by atoms with Crippen LogP contribution in [0.4, 0.5) is 4.39 Å². The molecule has 0 amide bonds. The van der Waals surface area contributed by atoms with E-state index in [1.807, 2.05) is 19.1 Å². The highest BCUT2D eigenvalue weighted by atomic mass is 35.5. The van der Waals surface area contributed by atoms with E-state index in [2.05, 4.69) is 5.32 Å². The summed E-state index contributed by atoms with van der Waals surface area (Å²) in [4.78, 5) is 0. The number of hydrogen-bond donors (Lipinski definition) is 1. The smallest absolute Gasteiger partial charge is 0.132 e. The first-order valence-electron chi connectivity index (χ1n) is 6.06. The summed E-state index contributed by atoms with van der Waals surface area (Å²) in [5.74, 6) is -0.344. The average Bonchev–Trinajstić information content (AvgIpc) is 2.37. The molecule has 0 fully saturated rings. The van der Waals surface area contributed by atoms with Gasteiger partial charge in [-0.2, -0.15) is 0 Å². The lowest BCUT2D eigenvalue weighted by Crippen LogP contribution is -2.11. The van der Waals surface area contributed by atoms with Crippen molar-refractivity contribution in [1.29, 1.82) is 0 Å². The Balaban J connectivity index is 2.33. The number of rotatable bonds is 4. The molecule has 0 spiro atoms. The molecule has 0 radical (unpaired) electrons. The van der Waals surface area contributed by atoms with Crippen molar-refractivity contribution in [1.82, 2.24) is 5.32 Å². The molecule has 4 heteroatoms. The van der Waals surface area contributed by atoms with Gasteiger partial charge in [0.25, 0.3) is 0 Å². The third-order valence-corrected chi connectivity index (χ3v) is 3.45. The van der Waals surface area contributed by atoms with E-state index in [0.29, 0.717) is 22.2 Å². The summed E-state index contributed by atoms with van der Waals surface area (Å²) in [7, 11) is 0. The molecule has 0 heterocycles. The lowest BCUT2D eigenvalue weighted by Gasteiger charge is -2.09. The van der Waals surface area contributed by atoms with E-state index in [9.17, 15) is 4.39 Å². The minimum absolute atomic E-state index is 0.344. The first kappa shape index (κ1) is 14.3. The fourth-order valence-corrected chi connectivity index (χ4v) is 2.25. The molecule has 0 unspecified atom stereocenters. The third-order valence-electron chi connectivity index (χ3n) is 2.86. The van der Waals surface area contributed by atoms with Crippen LogP contribution in [0.1, 0.15) is 12.5 Å². The Labute approximate surface area is 122 Å². The Morgan fingerprint density at radius 2 is 1.89 bits per heavy atom. The Morgan fingerprint density at radius 3 is 2.53 bits per heavy atom. The minimum Gasteiger partial charge on any atom is -0.313 e. The summed E-state index contributed by atoms with van der Waals surface area (Å²) in [5.41, 5.74) is 2.25. The summed E-state index contributed by atoms with van der Waals surface area (Å²) in [5, 5.41) is 4.23. The molecule has 100 valence electrons. The Hall–Kier alpha value is -1.09. The van der Waals surface area contributed by atoms with Crippen LogP contribution in [0.3, 0.4) is 0 Å². The van der Waals surface area contributed by atoms with Gasteiger partial charge < -0.3 is 5.32 Å². The maximum Gasteiger partial charge on any atom is 0.132 e. The molecule has 0 aliphatic rings. The van der Waals surface area contributed by atoms with Crippen molar-refractivity contribution < 1.29 is 4.39 Å². The van der Waals surface area contributed by atoms with Gasteiger partial charge in [-0.15, -0.1) is 0 Å². The van der Waals surface area contributed by atoms with Gasteiger partial charge in [-0.1, -0.05) is 42.3 Å². The lowest BCUT2D eigenvalue weighted by molar-refractivity contribution is 0.631. The van der Waals surface area contributed by atoms with Crippen LogP contribution in [0, 0.1) is 5.82 Å². The number of hydrogen-bond acceptors (Lipinski definition) is 1. The molecule has 2 rings (SSSR count). The van der Waals surface area contributed by atoms with Crippen molar-refractivity contribution in [3.8, 4) is 11.1 Å². The van der Waals surface area contributed by atoms with Gasteiger partial charge in [-0.3, -0.25) is 0 Å². The van der Waals surface area contributed by atoms with Gasteiger partial charge in [0.15, 0.2) is 0 Å². The summed E-state index contributed by atoms with van der Waals surface area (Å²) in [6.07, 6.45) is 0. The average molecular weight is 298 g/mol. The van der Waals surface area contributed by atoms with Crippen LogP contribution >= 0.6 is 23.2 Å². The van der Waals surface area contributed by atoms with Gasteiger partial charge in [0.05, 0.1) is 0 Å². The topological polar surface area (TPSA) is 12.0 Å².